The Bertz CT molecular complexity index is 1370. The summed E-state index contributed by atoms with van der Waals surface area (Å²) in [4.78, 5) is 48.5. The Morgan fingerprint density at radius 2 is 2.10 bits per heavy atom. The Balaban J connectivity index is 0.972. The zero-order valence-corrected chi connectivity index (χ0v) is 22.5. The number of halogens is 1. The molecule has 212 valence electrons. The van der Waals surface area contributed by atoms with Crippen molar-refractivity contribution in [3.63, 3.8) is 0 Å². The molecule has 2 aliphatic carbocycles. The van der Waals surface area contributed by atoms with Crippen LogP contribution < -0.4 is 25.6 Å². The van der Waals surface area contributed by atoms with Crippen LogP contribution in [0.15, 0.2) is 18.3 Å². The Kier molecular flexibility index (Phi) is 6.78. The minimum atomic E-state index is -0.523. The van der Waals surface area contributed by atoms with Gasteiger partial charge in [-0.3, -0.25) is 19.4 Å². The summed E-state index contributed by atoms with van der Waals surface area (Å²) in [5, 5.41) is 8.91. The molecular weight excluding hydrogens is 521 g/mol. The predicted octanol–water partition coefficient (Wildman–Crippen LogP) is 1.70. The highest BCUT2D eigenvalue weighted by molar-refractivity contribution is 6.00. The normalized spacial score (nSPS) is 22.4. The fourth-order valence-corrected chi connectivity index (χ4v) is 5.65. The van der Waals surface area contributed by atoms with Gasteiger partial charge in [0.1, 0.15) is 17.5 Å². The number of carbonyl (C=O) groups excluding carboxylic acids is 3. The summed E-state index contributed by atoms with van der Waals surface area (Å²) >= 11 is 0. The number of aromatic nitrogens is 2. The molecule has 2 aromatic rings. The molecule has 0 spiro atoms. The van der Waals surface area contributed by atoms with Crippen molar-refractivity contribution in [2.45, 2.75) is 43.7 Å². The maximum atomic E-state index is 14.9. The van der Waals surface area contributed by atoms with E-state index < -0.39 is 11.6 Å². The third-order valence-electron chi connectivity index (χ3n) is 8.10. The fourth-order valence-electron chi connectivity index (χ4n) is 5.65. The van der Waals surface area contributed by atoms with Crippen molar-refractivity contribution in [2.24, 2.45) is 5.92 Å². The predicted molar refractivity (Wildman–Crippen MR) is 143 cm³/mol. The van der Waals surface area contributed by atoms with Crippen molar-refractivity contribution in [1.29, 1.82) is 0 Å². The van der Waals surface area contributed by atoms with Crippen LogP contribution in [0.1, 0.15) is 30.4 Å². The Morgan fingerprint density at radius 1 is 1.27 bits per heavy atom. The third-order valence-corrected chi connectivity index (χ3v) is 8.10. The number of hydrogen-bond donors (Lipinski definition) is 3. The van der Waals surface area contributed by atoms with Gasteiger partial charge in [0.2, 0.25) is 5.91 Å². The average molecular weight is 554 g/mol. The van der Waals surface area contributed by atoms with Gasteiger partial charge in [-0.25, -0.2) is 19.2 Å². The molecule has 3 heterocycles. The van der Waals surface area contributed by atoms with E-state index in [2.05, 4.69) is 25.9 Å². The van der Waals surface area contributed by atoms with E-state index in [4.69, 9.17) is 9.47 Å². The molecule has 2 atom stereocenters. The number of amides is 3. The van der Waals surface area contributed by atoms with Gasteiger partial charge in [-0.05, 0) is 88.5 Å². The largest absolute Gasteiger partial charge is 0.465 e. The van der Waals surface area contributed by atoms with Gasteiger partial charge in [0.25, 0.3) is 11.8 Å². The van der Waals surface area contributed by atoms with E-state index in [1.54, 1.807) is 0 Å². The minimum absolute atomic E-state index is 0.0845. The second-order valence-electron chi connectivity index (χ2n) is 11.1. The zero-order chi connectivity index (χ0) is 28.0. The molecule has 3 N–H and O–H groups in total. The van der Waals surface area contributed by atoms with E-state index in [1.807, 2.05) is 25.1 Å². The van der Waals surface area contributed by atoms with Crippen LogP contribution in [0.5, 0.6) is 5.88 Å². The second-order valence-corrected chi connectivity index (χ2v) is 11.1. The van der Waals surface area contributed by atoms with E-state index in [9.17, 15) is 18.8 Å². The maximum absolute atomic E-state index is 14.9. The highest BCUT2D eigenvalue weighted by atomic mass is 19.1. The van der Waals surface area contributed by atoms with Gasteiger partial charge in [0.05, 0.1) is 12.7 Å². The molecule has 2 unspecified atom stereocenters. The second kappa shape index (κ2) is 10.3. The number of benzene rings is 1. The van der Waals surface area contributed by atoms with Gasteiger partial charge in [0.15, 0.2) is 18.2 Å². The van der Waals surface area contributed by atoms with Gasteiger partial charge in [-0.1, -0.05) is 0 Å². The molecule has 1 aromatic carbocycles. The number of carbonyl (C=O) groups is 3. The molecule has 12 nitrogen and oxygen atoms in total. The van der Waals surface area contributed by atoms with Crippen LogP contribution >= 0.6 is 0 Å². The first-order valence-corrected chi connectivity index (χ1v) is 13.5. The van der Waals surface area contributed by atoms with Crippen molar-refractivity contribution in [2.75, 3.05) is 55.9 Å². The lowest BCUT2D eigenvalue weighted by Gasteiger charge is -2.22. The molecule has 1 aromatic heterocycles. The van der Waals surface area contributed by atoms with Gasteiger partial charge in [0, 0.05) is 5.69 Å². The van der Waals surface area contributed by atoms with Crippen LogP contribution in [0.4, 0.5) is 26.5 Å². The molecule has 6 rings (SSSR count). The highest BCUT2D eigenvalue weighted by Crippen LogP contribution is 2.41. The first kappa shape index (κ1) is 26.4. The van der Waals surface area contributed by atoms with Gasteiger partial charge in [-0.2, -0.15) is 0 Å². The quantitative estimate of drug-likeness (QED) is 0.396. The van der Waals surface area contributed by atoms with E-state index in [0.717, 1.165) is 24.8 Å². The van der Waals surface area contributed by atoms with Crippen LogP contribution in [0, 0.1) is 11.7 Å². The maximum Gasteiger partial charge on any atom is 0.415 e. The molecule has 1 saturated carbocycles. The topological polar surface area (TPSA) is 138 Å². The number of rotatable bonds is 9. The lowest BCUT2D eigenvalue weighted by atomic mass is 10.1. The molecule has 13 heteroatoms. The standard InChI is InChI=1S/C27H32FN7O5/c1-34(2)27(4-5-27)25(37)31-17-9-16-7-15(8-19(16)20(28)10-17)11-29-6-3-18-13-35(26(38)40-18)21-12-30-24-23(32-21)33-22(36)14-39-24/h9-10,12,15,18,29H,3-8,11,13-14H2,1-2H3,(H,31,37)(H,32,33,36). The number of anilines is 3. The van der Waals surface area contributed by atoms with Crippen molar-refractivity contribution < 1.29 is 28.2 Å². The number of fused-ring (bicyclic) bond motifs is 2. The summed E-state index contributed by atoms with van der Waals surface area (Å²) in [5.74, 6) is 0.202. The third kappa shape index (κ3) is 5.06. The molecule has 1 saturated heterocycles. The van der Waals surface area contributed by atoms with Crippen molar-refractivity contribution in [3.05, 3.63) is 35.3 Å². The zero-order valence-electron chi connectivity index (χ0n) is 22.5. The average Bonchev–Trinajstić information content (AvgIpc) is 3.51. The smallest absolute Gasteiger partial charge is 0.415 e. The number of ether oxygens (including phenoxy) is 2. The molecule has 3 amide bonds. The molecule has 40 heavy (non-hydrogen) atoms. The summed E-state index contributed by atoms with van der Waals surface area (Å²) in [6, 6.07) is 3.32. The van der Waals surface area contributed by atoms with Crippen molar-refractivity contribution >= 4 is 35.2 Å². The van der Waals surface area contributed by atoms with E-state index in [0.29, 0.717) is 43.7 Å². The summed E-state index contributed by atoms with van der Waals surface area (Å²) in [5.41, 5.74) is 1.68. The first-order valence-electron chi connectivity index (χ1n) is 13.5. The van der Waals surface area contributed by atoms with Gasteiger partial charge < -0.3 is 25.4 Å². The molecule has 0 bridgehead atoms. The summed E-state index contributed by atoms with van der Waals surface area (Å²) in [6.07, 6.45) is 4.13. The number of likely N-dealkylation sites (N-methyl/N-ethyl adjacent to an activating group) is 1. The lowest BCUT2D eigenvalue weighted by Crippen LogP contribution is -2.42. The van der Waals surface area contributed by atoms with Crippen LogP contribution in [0.3, 0.4) is 0 Å². The molecule has 4 aliphatic rings. The number of nitrogens with one attached hydrogen (secondary N) is 3. The van der Waals surface area contributed by atoms with Gasteiger partial charge in [-0.15, -0.1) is 0 Å². The van der Waals surface area contributed by atoms with Gasteiger partial charge >= 0.3 is 6.09 Å². The molecule has 0 radical (unpaired) electrons. The van der Waals surface area contributed by atoms with Crippen LogP contribution in [-0.2, 0) is 27.2 Å². The number of hydrogen-bond acceptors (Lipinski definition) is 9. The summed E-state index contributed by atoms with van der Waals surface area (Å²) < 4.78 is 25.6. The monoisotopic (exact) mass is 553 g/mol. The van der Waals surface area contributed by atoms with E-state index >= 15 is 0 Å². The Hall–Kier alpha value is -3.84. The fraction of sp³-hybridized carbons (Fsp3) is 0.519. The van der Waals surface area contributed by atoms with Crippen molar-refractivity contribution in [3.8, 4) is 5.88 Å². The highest BCUT2D eigenvalue weighted by Gasteiger charge is 2.52. The number of cyclic esters (lactones) is 1. The Morgan fingerprint density at radius 3 is 2.88 bits per heavy atom. The van der Waals surface area contributed by atoms with E-state index in [-0.39, 0.29) is 53.8 Å². The Labute approximate surface area is 230 Å². The SMILES string of the molecule is CN(C)C1(C(=O)Nc2cc(F)c3c(c2)CC(CNCCC2CN(c4cnc5c(n4)NC(=O)CO5)C(=O)O2)C3)CC1. The van der Waals surface area contributed by atoms with Crippen LogP contribution in [0.25, 0.3) is 0 Å². The van der Waals surface area contributed by atoms with Crippen LogP contribution in [-0.4, -0.2) is 84.8 Å². The van der Waals surface area contributed by atoms with Crippen molar-refractivity contribution in [1.82, 2.24) is 20.2 Å². The molecule has 2 fully saturated rings. The first-order chi connectivity index (χ1) is 19.2. The molecule has 2 aliphatic heterocycles. The molecular formula is C27H32FN7O5. The number of nitrogens with zero attached hydrogens (tertiary/aromatic N) is 4. The minimum Gasteiger partial charge on any atom is -0.465 e. The summed E-state index contributed by atoms with van der Waals surface area (Å²) in [6.45, 7) is 1.50. The lowest BCUT2D eigenvalue weighted by molar-refractivity contribution is -0.121. The van der Waals surface area contributed by atoms with E-state index in [1.165, 1.54) is 17.2 Å². The van der Waals surface area contributed by atoms with Crippen LogP contribution in [0.2, 0.25) is 0 Å². The summed E-state index contributed by atoms with van der Waals surface area (Å²) in [7, 11) is 3.78.